The molecule has 0 aromatic heterocycles. The normalized spacial score (nSPS) is 19.8. The van der Waals surface area contributed by atoms with Crippen molar-refractivity contribution in [2.24, 2.45) is 5.10 Å². The average molecular weight is 283 g/mol. The third-order valence-electron chi connectivity index (χ3n) is 2.46. The number of aryl methyl sites for hydroxylation is 1. The molecule has 0 radical (unpaired) electrons. The Bertz CT molecular complexity index is 442. The lowest BCUT2D eigenvalue weighted by molar-refractivity contribution is -0.138. The van der Waals surface area contributed by atoms with Crippen LogP contribution < -0.4 is 5.01 Å². The second-order valence-electron chi connectivity index (χ2n) is 3.71. The molecule has 1 heterocycles. The number of hydrogen-bond donors (Lipinski definition) is 1. The quantitative estimate of drug-likeness (QED) is 0.906. The molecule has 16 heavy (non-hydrogen) atoms. The van der Waals surface area contributed by atoms with Crippen LogP contribution in [0.25, 0.3) is 0 Å². The van der Waals surface area contributed by atoms with E-state index in [1.165, 1.54) is 5.01 Å². The fraction of sp³-hybridized carbons (Fsp3) is 0.273. The van der Waals surface area contributed by atoms with Gasteiger partial charge in [-0.2, -0.15) is 5.10 Å². The maximum absolute atomic E-state index is 11.1. The lowest BCUT2D eigenvalue weighted by Gasteiger charge is -2.19. The van der Waals surface area contributed by atoms with Crippen molar-refractivity contribution in [3.63, 3.8) is 0 Å². The van der Waals surface area contributed by atoms with Crippen LogP contribution >= 0.6 is 15.9 Å². The summed E-state index contributed by atoms with van der Waals surface area (Å²) in [6.07, 6.45) is 0.406. The van der Waals surface area contributed by atoms with E-state index in [0.29, 0.717) is 11.0 Å². The molecule has 0 unspecified atom stereocenters. The molecule has 2 rings (SSSR count). The van der Waals surface area contributed by atoms with Gasteiger partial charge in [0.15, 0.2) is 6.04 Å². The topological polar surface area (TPSA) is 52.9 Å². The number of halogens is 1. The first kappa shape index (κ1) is 11.1. The van der Waals surface area contributed by atoms with Crippen LogP contribution in [-0.4, -0.2) is 21.7 Å². The number of carboxylic acids is 1. The summed E-state index contributed by atoms with van der Waals surface area (Å²) >= 11 is 3.24. The summed E-state index contributed by atoms with van der Waals surface area (Å²) in [5, 5.41) is 14.8. The first-order valence-corrected chi connectivity index (χ1v) is 5.69. The first-order chi connectivity index (χ1) is 7.58. The Balaban J connectivity index is 2.31. The number of rotatable bonds is 2. The van der Waals surface area contributed by atoms with Crippen LogP contribution in [0.1, 0.15) is 12.0 Å². The fourth-order valence-electron chi connectivity index (χ4n) is 1.60. The molecular weight excluding hydrogens is 272 g/mol. The van der Waals surface area contributed by atoms with Gasteiger partial charge in [0.05, 0.1) is 5.69 Å². The Labute approximate surface area is 102 Å². The van der Waals surface area contributed by atoms with Crippen LogP contribution in [0, 0.1) is 6.92 Å². The average Bonchev–Trinajstić information content (AvgIpc) is 2.61. The fourth-order valence-corrected chi connectivity index (χ4v) is 2.08. The summed E-state index contributed by atoms with van der Waals surface area (Å²) in [5.41, 5.74) is 1.94. The monoisotopic (exact) mass is 282 g/mol. The summed E-state index contributed by atoms with van der Waals surface area (Å²) in [7, 11) is 0. The number of aliphatic carboxylic acids is 1. The highest BCUT2D eigenvalue weighted by molar-refractivity contribution is 9.18. The predicted molar refractivity (Wildman–Crippen MR) is 66.1 cm³/mol. The minimum atomic E-state index is -0.862. The SMILES string of the molecule is Cc1ccc(N2N=C(Br)C[C@@H]2C(=O)O)cc1. The van der Waals surface area contributed by atoms with E-state index in [0.717, 1.165) is 11.3 Å². The summed E-state index contributed by atoms with van der Waals surface area (Å²) < 4.78 is 0.667. The van der Waals surface area contributed by atoms with Crippen LogP contribution in [0.15, 0.2) is 29.4 Å². The Morgan fingerprint density at radius 1 is 1.50 bits per heavy atom. The summed E-state index contributed by atoms with van der Waals surface area (Å²) in [4.78, 5) is 11.1. The number of anilines is 1. The zero-order valence-electron chi connectivity index (χ0n) is 8.72. The van der Waals surface area contributed by atoms with Gasteiger partial charge in [-0.05, 0) is 35.0 Å². The van der Waals surface area contributed by atoms with E-state index < -0.39 is 12.0 Å². The van der Waals surface area contributed by atoms with E-state index in [4.69, 9.17) is 5.11 Å². The molecular formula is C11H11BrN2O2. The standard InChI is InChI=1S/C11H11BrN2O2/c1-7-2-4-8(5-3-7)14-9(11(15)16)6-10(12)13-14/h2-5,9H,6H2,1H3,(H,15,16)/t9-/m1/s1. The molecule has 0 amide bonds. The number of carbonyl (C=O) groups is 1. The van der Waals surface area contributed by atoms with Gasteiger partial charge in [-0.1, -0.05) is 17.7 Å². The van der Waals surface area contributed by atoms with Gasteiger partial charge in [0.2, 0.25) is 0 Å². The molecule has 1 aliphatic rings. The first-order valence-electron chi connectivity index (χ1n) is 4.89. The van der Waals surface area contributed by atoms with Gasteiger partial charge < -0.3 is 5.11 Å². The second kappa shape index (κ2) is 4.25. The molecule has 1 atom stereocenters. The molecule has 1 aromatic rings. The van der Waals surface area contributed by atoms with Gasteiger partial charge in [-0.3, -0.25) is 5.01 Å². The molecule has 0 saturated heterocycles. The predicted octanol–water partition coefficient (Wildman–Crippen LogP) is 2.37. The molecule has 1 aromatic carbocycles. The van der Waals surface area contributed by atoms with E-state index >= 15 is 0 Å². The van der Waals surface area contributed by atoms with E-state index in [9.17, 15) is 4.79 Å². The van der Waals surface area contributed by atoms with Crippen molar-refractivity contribution in [2.45, 2.75) is 19.4 Å². The molecule has 4 nitrogen and oxygen atoms in total. The number of benzene rings is 1. The number of hydrazone groups is 1. The zero-order valence-corrected chi connectivity index (χ0v) is 10.3. The van der Waals surface area contributed by atoms with Crippen LogP contribution in [0.3, 0.4) is 0 Å². The Morgan fingerprint density at radius 3 is 2.69 bits per heavy atom. The van der Waals surface area contributed by atoms with Gasteiger partial charge in [0.1, 0.15) is 4.62 Å². The van der Waals surface area contributed by atoms with Gasteiger partial charge in [-0.15, -0.1) is 0 Å². The molecule has 84 valence electrons. The van der Waals surface area contributed by atoms with Gasteiger partial charge >= 0.3 is 5.97 Å². The number of carboxylic acid groups (broad SMARTS) is 1. The van der Waals surface area contributed by atoms with Gasteiger partial charge in [0.25, 0.3) is 0 Å². The Morgan fingerprint density at radius 2 is 2.12 bits per heavy atom. The zero-order chi connectivity index (χ0) is 11.7. The van der Waals surface area contributed by atoms with E-state index in [1.807, 2.05) is 31.2 Å². The van der Waals surface area contributed by atoms with Crippen molar-refractivity contribution in [1.82, 2.24) is 0 Å². The second-order valence-corrected chi connectivity index (χ2v) is 4.63. The summed E-state index contributed by atoms with van der Waals surface area (Å²) in [6.45, 7) is 1.99. The third-order valence-corrected chi connectivity index (χ3v) is 2.94. The largest absolute Gasteiger partial charge is 0.480 e. The van der Waals surface area contributed by atoms with Crippen molar-refractivity contribution < 1.29 is 9.90 Å². The highest BCUT2D eigenvalue weighted by Gasteiger charge is 2.32. The van der Waals surface area contributed by atoms with Crippen molar-refractivity contribution in [2.75, 3.05) is 5.01 Å². The molecule has 0 fully saturated rings. The lowest BCUT2D eigenvalue weighted by Crippen LogP contribution is -2.34. The third kappa shape index (κ3) is 2.09. The minimum Gasteiger partial charge on any atom is -0.480 e. The highest BCUT2D eigenvalue weighted by atomic mass is 79.9. The molecule has 0 aliphatic carbocycles. The molecule has 0 bridgehead atoms. The molecule has 1 aliphatic heterocycles. The van der Waals surface area contributed by atoms with Crippen LogP contribution in [0.4, 0.5) is 5.69 Å². The minimum absolute atomic E-state index is 0.406. The molecule has 0 saturated carbocycles. The van der Waals surface area contributed by atoms with Gasteiger partial charge in [-0.25, -0.2) is 4.79 Å². The van der Waals surface area contributed by atoms with E-state index in [1.54, 1.807) is 0 Å². The number of hydrogen-bond acceptors (Lipinski definition) is 3. The van der Waals surface area contributed by atoms with Crippen LogP contribution in [-0.2, 0) is 4.79 Å². The summed E-state index contributed by atoms with van der Waals surface area (Å²) in [6, 6.07) is 7.02. The maximum atomic E-state index is 11.1. The van der Waals surface area contributed by atoms with Gasteiger partial charge in [0, 0.05) is 6.42 Å². The van der Waals surface area contributed by atoms with Crippen LogP contribution in [0.5, 0.6) is 0 Å². The highest BCUT2D eigenvalue weighted by Crippen LogP contribution is 2.26. The lowest BCUT2D eigenvalue weighted by atomic mass is 10.2. The van der Waals surface area contributed by atoms with Crippen molar-refractivity contribution in [3.05, 3.63) is 29.8 Å². The molecule has 0 spiro atoms. The molecule has 1 N–H and O–H groups in total. The van der Waals surface area contributed by atoms with Crippen molar-refractivity contribution in [1.29, 1.82) is 0 Å². The molecule has 5 heteroatoms. The number of nitrogens with zero attached hydrogens (tertiary/aromatic N) is 2. The maximum Gasteiger partial charge on any atom is 0.328 e. The van der Waals surface area contributed by atoms with E-state index in [2.05, 4.69) is 21.0 Å². The summed E-state index contributed by atoms with van der Waals surface area (Å²) in [5.74, 6) is -0.862. The van der Waals surface area contributed by atoms with E-state index in [-0.39, 0.29) is 0 Å². The van der Waals surface area contributed by atoms with Crippen LogP contribution in [0.2, 0.25) is 0 Å². The Kier molecular flexibility index (Phi) is 2.96. The van der Waals surface area contributed by atoms with Crippen molar-refractivity contribution >= 4 is 32.2 Å². The Hall–Kier alpha value is -1.36. The van der Waals surface area contributed by atoms with Crippen molar-refractivity contribution in [3.8, 4) is 0 Å². The smallest absolute Gasteiger partial charge is 0.328 e.